The van der Waals surface area contributed by atoms with E-state index >= 15 is 0 Å². The Morgan fingerprint density at radius 3 is 2.74 bits per heavy atom. The van der Waals surface area contributed by atoms with Crippen molar-refractivity contribution in [3.8, 4) is 0 Å². The predicted molar refractivity (Wildman–Crippen MR) is 90.4 cm³/mol. The average molecular weight is 310 g/mol. The number of aromatic nitrogens is 2. The van der Waals surface area contributed by atoms with Gasteiger partial charge in [-0.15, -0.1) is 5.10 Å². The molecule has 0 bridgehead atoms. The van der Waals surface area contributed by atoms with Crippen LogP contribution in [0.2, 0.25) is 0 Å². The van der Waals surface area contributed by atoms with E-state index in [2.05, 4.69) is 32.5 Å². The molecule has 1 aromatic heterocycles. The van der Waals surface area contributed by atoms with Crippen LogP contribution in [-0.4, -0.2) is 35.2 Å². The van der Waals surface area contributed by atoms with E-state index in [1.165, 1.54) is 0 Å². The summed E-state index contributed by atoms with van der Waals surface area (Å²) in [6, 6.07) is 8.51. The molecular weight excluding hydrogens is 288 g/mol. The van der Waals surface area contributed by atoms with Crippen molar-refractivity contribution in [1.82, 2.24) is 15.5 Å². The number of nitrogens with one attached hydrogen (secondary N) is 1. The van der Waals surface area contributed by atoms with Gasteiger partial charge in [-0.3, -0.25) is 4.79 Å². The third-order valence-corrected chi connectivity index (χ3v) is 4.87. The van der Waals surface area contributed by atoms with Gasteiger partial charge >= 0.3 is 0 Å². The molecule has 2 heterocycles. The largest absolute Gasteiger partial charge is 0.353 e. The molecule has 1 aliphatic carbocycles. The van der Waals surface area contributed by atoms with E-state index in [1.54, 1.807) is 0 Å². The summed E-state index contributed by atoms with van der Waals surface area (Å²) in [5.74, 6) is 1.44. The van der Waals surface area contributed by atoms with Crippen LogP contribution in [0.15, 0.2) is 24.3 Å². The first-order valence-corrected chi connectivity index (χ1v) is 8.50. The number of piperidine rings is 1. The lowest BCUT2D eigenvalue weighted by Crippen LogP contribution is -2.48. The number of fused-ring (bicyclic) bond motifs is 1. The maximum Gasteiger partial charge on any atom is 0.223 e. The van der Waals surface area contributed by atoms with Crippen molar-refractivity contribution in [3.63, 3.8) is 0 Å². The van der Waals surface area contributed by atoms with Crippen molar-refractivity contribution >= 4 is 22.5 Å². The highest BCUT2D eigenvalue weighted by Crippen LogP contribution is 2.30. The minimum Gasteiger partial charge on any atom is -0.353 e. The summed E-state index contributed by atoms with van der Waals surface area (Å²) in [4.78, 5) is 14.3. The zero-order chi connectivity index (χ0) is 15.8. The van der Waals surface area contributed by atoms with Gasteiger partial charge in [-0.25, -0.2) is 0 Å². The molecule has 1 amide bonds. The van der Waals surface area contributed by atoms with Crippen LogP contribution in [0.25, 0.3) is 10.8 Å². The molecule has 5 heteroatoms. The number of aryl methyl sites for hydroxylation is 1. The number of hydrogen-bond acceptors (Lipinski definition) is 4. The van der Waals surface area contributed by atoms with Crippen molar-refractivity contribution in [3.05, 3.63) is 30.0 Å². The first kappa shape index (κ1) is 14.4. The lowest BCUT2D eigenvalue weighted by Gasteiger charge is -2.34. The van der Waals surface area contributed by atoms with Gasteiger partial charge in [0.25, 0.3) is 0 Å². The SMILES string of the molecule is Cc1nnc(N2CCCC(NC(=O)C3CC3)C2)c2ccccc12. The molecule has 0 radical (unpaired) electrons. The number of anilines is 1. The molecule has 1 aromatic carbocycles. The van der Waals surface area contributed by atoms with Gasteiger partial charge < -0.3 is 10.2 Å². The van der Waals surface area contributed by atoms with Crippen LogP contribution >= 0.6 is 0 Å². The summed E-state index contributed by atoms with van der Waals surface area (Å²) in [5.41, 5.74) is 0.958. The van der Waals surface area contributed by atoms with Crippen molar-refractivity contribution in [2.45, 2.75) is 38.6 Å². The zero-order valence-corrected chi connectivity index (χ0v) is 13.5. The van der Waals surface area contributed by atoms with E-state index in [1.807, 2.05) is 19.1 Å². The van der Waals surface area contributed by atoms with Crippen molar-refractivity contribution in [2.75, 3.05) is 18.0 Å². The van der Waals surface area contributed by atoms with Crippen LogP contribution in [0, 0.1) is 12.8 Å². The van der Waals surface area contributed by atoms with Gasteiger partial charge in [0.15, 0.2) is 5.82 Å². The van der Waals surface area contributed by atoms with Gasteiger partial charge in [-0.05, 0) is 32.6 Å². The fourth-order valence-corrected chi connectivity index (χ4v) is 3.41. The number of rotatable bonds is 3. The highest BCUT2D eigenvalue weighted by molar-refractivity contribution is 5.93. The van der Waals surface area contributed by atoms with Gasteiger partial charge in [0, 0.05) is 35.8 Å². The van der Waals surface area contributed by atoms with Gasteiger partial charge in [-0.2, -0.15) is 5.10 Å². The molecule has 0 spiro atoms. The summed E-state index contributed by atoms with van der Waals surface area (Å²) in [5, 5.41) is 14.3. The number of benzene rings is 1. The van der Waals surface area contributed by atoms with Crippen molar-refractivity contribution in [1.29, 1.82) is 0 Å². The molecule has 1 N–H and O–H groups in total. The molecule has 1 atom stereocenters. The normalized spacial score (nSPS) is 21.4. The van der Waals surface area contributed by atoms with E-state index in [-0.39, 0.29) is 17.9 Å². The zero-order valence-electron chi connectivity index (χ0n) is 13.5. The lowest BCUT2D eigenvalue weighted by atomic mass is 10.0. The molecule has 1 saturated heterocycles. The second-order valence-electron chi connectivity index (χ2n) is 6.72. The molecule has 5 nitrogen and oxygen atoms in total. The van der Waals surface area contributed by atoms with Crippen molar-refractivity contribution in [2.24, 2.45) is 5.92 Å². The smallest absolute Gasteiger partial charge is 0.223 e. The molecular formula is C18H22N4O. The Hall–Kier alpha value is -2.17. The van der Waals surface area contributed by atoms with Gasteiger partial charge in [0.05, 0.1) is 5.69 Å². The lowest BCUT2D eigenvalue weighted by molar-refractivity contribution is -0.123. The number of nitrogens with zero attached hydrogens (tertiary/aromatic N) is 3. The third-order valence-electron chi connectivity index (χ3n) is 4.87. The van der Waals surface area contributed by atoms with Crippen LogP contribution < -0.4 is 10.2 Å². The summed E-state index contributed by atoms with van der Waals surface area (Å²) in [7, 11) is 0. The topological polar surface area (TPSA) is 58.1 Å². The van der Waals surface area contributed by atoms with E-state index in [0.29, 0.717) is 0 Å². The summed E-state index contributed by atoms with van der Waals surface area (Å²) in [6.07, 6.45) is 4.22. The maximum atomic E-state index is 12.0. The van der Waals surface area contributed by atoms with E-state index < -0.39 is 0 Å². The Morgan fingerprint density at radius 2 is 1.96 bits per heavy atom. The first-order valence-electron chi connectivity index (χ1n) is 8.50. The number of amides is 1. The first-order chi connectivity index (χ1) is 11.2. The third kappa shape index (κ3) is 2.87. The highest BCUT2D eigenvalue weighted by atomic mass is 16.2. The second-order valence-corrected chi connectivity index (χ2v) is 6.72. The fourth-order valence-electron chi connectivity index (χ4n) is 3.41. The Morgan fingerprint density at radius 1 is 1.17 bits per heavy atom. The minimum absolute atomic E-state index is 0.221. The molecule has 2 aromatic rings. The van der Waals surface area contributed by atoms with Crippen LogP contribution in [0.1, 0.15) is 31.4 Å². The van der Waals surface area contributed by atoms with Crippen LogP contribution in [0.4, 0.5) is 5.82 Å². The Kier molecular flexibility index (Phi) is 3.63. The van der Waals surface area contributed by atoms with E-state index in [9.17, 15) is 4.79 Å². The van der Waals surface area contributed by atoms with Crippen molar-refractivity contribution < 1.29 is 4.79 Å². The molecule has 23 heavy (non-hydrogen) atoms. The Labute approximate surface area is 136 Å². The summed E-state index contributed by atoms with van der Waals surface area (Å²) in [6.45, 7) is 3.78. The highest BCUT2D eigenvalue weighted by Gasteiger charge is 2.32. The number of carbonyl (C=O) groups is 1. The molecule has 1 unspecified atom stereocenters. The molecule has 120 valence electrons. The summed E-state index contributed by atoms with van der Waals surface area (Å²) >= 11 is 0. The van der Waals surface area contributed by atoms with Crippen LogP contribution in [0.5, 0.6) is 0 Å². The molecule has 1 saturated carbocycles. The molecule has 1 aliphatic heterocycles. The molecule has 2 fully saturated rings. The van der Waals surface area contributed by atoms with E-state index in [0.717, 1.165) is 61.1 Å². The summed E-state index contributed by atoms with van der Waals surface area (Å²) < 4.78 is 0. The van der Waals surface area contributed by atoms with Gasteiger partial charge in [0.2, 0.25) is 5.91 Å². The van der Waals surface area contributed by atoms with Gasteiger partial charge in [0.1, 0.15) is 0 Å². The minimum atomic E-state index is 0.221. The number of carbonyl (C=O) groups excluding carboxylic acids is 1. The Balaban J connectivity index is 1.57. The molecule has 2 aliphatic rings. The molecule has 4 rings (SSSR count). The standard InChI is InChI=1S/C18H22N4O/c1-12-15-6-2-3-7-16(15)17(21-20-12)22-10-4-5-14(11-22)19-18(23)13-8-9-13/h2-3,6-7,13-14H,4-5,8-11H2,1H3,(H,19,23). The number of hydrogen-bond donors (Lipinski definition) is 1. The second kappa shape index (κ2) is 5.80. The average Bonchev–Trinajstić information content (AvgIpc) is 3.41. The van der Waals surface area contributed by atoms with Crippen LogP contribution in [-0.2, 0) is 4.79 Å². The van der Waals surface area contributed by atoms with E-state index in [4.69, 9.17) is 0 Å². The van der Waals surface area contributed by atoms with Crippen LogP contribution in [0.3, 0.4) is 0 Å². The monoisotopic (exact) mass is 310 g/mol. The Bertz CT molecular complexity index is 741. The quantitative estimate of drug-likeness (QED) is 0.946. The van der Waals surface area contributed by atoms with Gasteiger partial charge in [-0.1, -0.05) is 24.3 Å². The fraction of sp³-hybridized carbons (Fsp3) is 0.500. The maximum absolute atomic E-state index is 12.0. The predicted octanol–water partition coefficient (Wildman–Crippen LogP) is 2.43.